The summed E-state index contributed by atoms with van der Waals surface area (Å²) in [6.45, 7) is 0. The van der Waals surface area contributed by atoms with Crippen molar-refractivity contribution < 1.29 is 4.74 Å². The Morgan fingerprint density at radius 3 is 3.00 bits per heavy atom. The number of halogens is 1. The molecule has 0 radical (unpaired) electrons. The van der Waals surface area contributed by atoms with Crippen LogP contribution in [0.4, 0.5) is 0 Å². The summed E-state index contributed by atoms with van der Waals surface area (Å²) in [5.74, 6) is 1.82. The first-order valence-corrected chi connectivity index (χ1v) is 6.39. The van der Waals surface area contributed by atoms with Crippen molar-refractivity contribution in [2.24, 2.45) is 0 Å². The molecule has 2 aromatic heterocycles. The van der Waals surface area contributed by atoms with Crippen molar-refractivity contribution in [1.82, 2.24) is 9.38 Å². The number of benzene rings is 1. The third-order valence-electron chi connectivity index (χ3n) is 3.09. The molecule has 3 aromatic rings. The lowest BCUT2D eigenvalue weighted by atomic mass is 10.1. The molecular formula is C15H13ClN2O. The van der Waals surface area contributed by atoms with Crippen LogP contribution in [0.5, 0.6) is 5.75 Å². The molecule has 0 atom stereocenters. The maximum absolute atomic E-state index is 6.14. The monoisotopic (exact) mass is 272 g/mol. The van der Waals surface area contributed by atoms with Crippen LogP contribution >= 0.6 is 11.6 Å². The van der Waals surface area contributed by atoms with Gasteiger partial charge in [0.25, 0.3) is 0 Å². The van der Waals surface area contributed by atoms with E-state index in [0.29, 0.717) is 5.02 Å². The predicted octanol–water partition coefficient (Wildman–Crippen LogP) is 3.59. The molecule has 1 aromatic carbocycles. The van der Waals surface area contributed by atoms with Gasteiger partial charge in [0.1, 0.15) is 11.6 Å². The molecular weight excluding hydrogens is 260 g/mol. The molecule has 0 N–H and O–H groups in total. The highest BCUT2D eigenvalue weighted by Gasteiger charge is 2.07. The number of rotatable bonds is 3. The fourth-order valence-electron chi connectivity index (χ4n) is 2.14. The van der Waals surface area contributed by atoms with E-state index in [1.807, 2.05) is 40.9 Å². The summed E-state index contributed by atoms with van der Waals surface area (Å²) in [7, 11) is 1.67. The number of imidazole rings is 1. The summed E-state index contributed by atoms with van der Waals surface area (Å²) in [6.07, 6.45) is 4.52. The second-order valence-corrected chi connectivity index (χ2v) is 4.72. The molecule has 0 fully saturated rings. The van der Waals surface area contributed by atoms with E-state index in [2.05, 4.69) is 11.1 Å². The van der Waals surface area contributed by atoms with Crippen molar-refractivity contribution in [3.05, 3.63) is 65.2 Å². The van der Waals surface area contributed by atoms with Gasteiger partial charge in [-0.1, -0.05) is 23.7 Å². The first-order valence-electron chi connectivity index (χ1n) is 6.01. The predicted molar refractivity (Wildman–Crippen MR) is 76.0 cm³/mol. The van der Waals surface area contributed by atoms with Gasteiger partial charge in [0.2, 0.25) is 0 Å². The summed E-state index contributed by atoms with van der Waals surface area (Å²) < 4.78 is 7.25. The molecule has 3 rings (SSSR count). The fraction of sp³-hybridized carbons (Fsp3) is 0.133. The normalized spacial score (nSPS) is 10.8. The highest BCUT2D eigenvalue weighted by Crippen LogP contribution is 2.20. The van der Waals surface area contributed by atoms with E-state index in [0.717, 1.165) is 29.1 Å². The van der Waals surface area contributed by atoms with E-state index >= 15 is 0 Å². The Morgan fingerprint density at radius 2 is 2.16 bits per heavy atom. The van der Waals surface area contributed by atoms with E-state index in [-0.39, 0.29) is 0 Å². The van der Waals surface area contributed by atoms with E-state index in [4.69, 9.17) is 16.3 Å². The number of hydrogen-bond donors (Lipinski definition) is 0. The lowest BCUT2D eigenvalue weighted by Gasteiger charge is -2.04. The second kappa shape index (κ2) is 4.94. The average Bonchev–Trinajstić information content (AvgIpc) is 2.84. The number of pyridine rings is 1. The number of nitrogens with zero attached hydrogens (tertiary/aromatic N) is 2. The smallest absolute Gasteiger partial charge is 0.119 e. The summed E-state index contributed by atoms with van der Waals surface area (Å²) in [6, 6.07) is 11.8. The first-order chi connectivity index (χ1) is 9.28. The van der Waals surface area contributed by atoms with Gasteiger partial charge >= 0.3 is 0 Å². The molecule has 0 aliphatic carbocycles. The molecule has 0 aliphatic rings. The van der Waals surface area contributed by atoms with Gasteiger partial charge in [-0.3, -0.25) is 0 Å². The van der Waals surface area contributed by atoms with E-state index in [1.54, 1.807) is 13.3 Å². The highest BCUT2D eigenvalue weighted by molar-refractivity contribution is 6.33. The van der Waals surface area contributed by atoms with Gasteiger partial charge in [0.15, 0.2) is 0 Å². The SMILES string of the molecule is COc1cccc(Cc2ncc3c(Cl)cccn23)c1. The van der Waals surface area contributed by atoms with Crippen molar-refractivity contribution in [1.29, 1.82) is 0 Å². The zero-order chi connectivity index (χ0) is 13.2. The molecule has 0 bridgehead atoms. The van der Waals surface area contributed by atoms with Gasteiger partial charge in [0.05, 0.1) is 23.8 Å². The van der Waals surface area contributed by atoms with E-state index in [9.17, 15) is 0 Å². The van der Waals surface area contributed by atoms with E-state index < -0.39 is 0 Å². The number of aromatic nitrogens is 2. The van der Waals surface area contributed by atoms with Crippen molar-refractivity contribution in [3.8, 4) is 5.75 Å². The van der Waals surface area contributed by atoms with Crippen LogP contribution in [0.3, 0.4) is 0 Å². The maximum Gasteiger partial charge on any atom is 0.119 e. The third-order valence-corrected chi connectivity index (χ3v) is 3.41. The quantitative estimate of drug-likeness (QED) is 0.728. The van der Waals surface area contributed by atoms with Crippen LogP contribution in [-0.2, 0) is 6.42 Å². The Hall–Kier alpha value is -2.00. The van der Waals surface area contributed by atoms with Crippen molar-refractivity contribution in [3.63, 3.8) is 0 Å². The molecule has 96 valence electrons. The molecule has 0 unspecified atom stereocenters. The average molecular weight is 273 g/mol. The zero-order valence-electron chi connectivity index (χ0n) is 10.5. The largest absolute Gasteiger partial charge is 0.497 e. The Bertz CT molecular complexity index is 721. The summed E-state index contributed by atoms with van der Waals surface area (Å²) in [4.78, 5) is 4.44. The molecule has 2 heterocycles. The van der Waals surface area contributed by atoms with Crippen LogP contribution in [0.2, 0.25) is 5.02 Å². The van der Waals surface area contributed by atoms with Crippen molar-refractivity contribution in [2.75, 3.05) is 7.11 Å². The Labute approximate surface area is 116 Å². The molecule has 0 amide bonds. The molecule has 0 spiro atoms. The van der Waals surface area contributed by atoms with Crippen LogP contribution in [0.15, 0.2) is 48.8 Å². The fourth-order valence-corrected chi connectivity index (χ4v) is 2.35. The van der Waals surface area contributed by atoms with Crippen molar-refractivity contribution >= 4 is 17.1 Å². The van der Waals surface area contributed by atoms with Gasteiger partial charge in [-0.25, -0.2) is 4.98 Å². The number of hydrogen-bond acceptors (Lipinski definition) is 2. The molecule has 3 nitrogen and oxygen atoms in total. The number of fused-ring (bicyclic) bond motifs is 1. The van der Waals surface area contributed by atoms with Crippen LogP contribution < -0.4 is 4.74 Å². The summed E-state index contributed by atoms with van der Waals surface area (Å²) in [5, 5.41) is 0.715. The minimum absolute atomic E-state index is 0.715. The Kier molecular flexibility index (Phi) is 3.13. The van der Waals surface area contributed by atoms with Gasteiger partial charge in [-0.05, 0) is 29.8 Å². The van der Waals surface area contributed by atoms with Crippen LogP contribution in [0, 0.1) is 0 Å². The lowest BCUT2D eigenvalue weighted by molar-refractivity contribution is 0.414. The number of ether oxygens (including phenoxy) is 1. The molecule has 19 heavy (non-hydrogen) atoms. The van der Waals surface area contributed by atoms with E-state index in [1.165, 1.54) is 0 Å². The van der Waals surface area contributed by atoms with Crippen LogP contribution in [0.1, 0.15) is 11.4 Å². The minimum Gasteiger partial charge on any atom is -0.497 e. The van der Waals surface area contributed by atoms with Crippen LogP contribution in [-0.4, -0.2) is 16.5 Å². The first kappa shape index (κ1) is 12.1. The van der Waals surface area contributed by atoms with Gasteiger partial charge in [-0.2, -0.15) is 0 Å². The van der Waals surface area contributed by atoms with Gasteiger partial charge in [-0.15, -0.1) is 0 Å². The summed E-state index contributed by atoms with van der Waals surface area (Å²) in [5.41, 5.74) is 2.09. The zero-order valence-corrected chi connectivity index (χ0v) is 11.3. The maximum atomic E-state index is 6.14. The molecule has 0 saturated heterocycles. The van der Waals surface area contributed by atoms with Crippen molar-refractivity contribution in [2.45, 2.75) is 6.42 Å². The van der Waals surface area contributed by atoms with Gasteiger partial charge in [0, 0.05) is 12.6 Å². The van der Waals surface area contributed by atoms with Crippen LogP contribution in [0.25, 0.3) is 5.52 Å². The highest BCUT2D eigenvalue weighted by atomic mass is 35.5. The molecule has 4 heteroatoms. The topological polar surface area (TPSA) is 26.5 Å². The Balaban J connectivity index is 1.99. The standard InChI is InChI=1S/C15H13ClN2O/c1-19-12-5-2-4-11(8-12)9-15-17-10-14-13(16)6-3-7-18(14)15/h2-8,10H,9H2,1H3. The van der Waals surface area contributed by atoms with Gasteiger partial charge < -0.3 is 9.14 Å². The minimum atomic E-state index is 0.715. The molecule has 0 aliphatic heterocycles. The Morgan fingerprint density at radius 1 is 1.26 bits per heavy atom. The summed E-state index contributed by atoms with van der Waals surface area (Å²) >= 11 is 6.14. The lowest BCUT2D eigenvalue weighted by Crippen LogP contribution is -1.96. The third kappa shape index (κ3) is 2.29. The number of methoxy groups -OCH3 is 1. The molecule has 0 saturated carbocycles. The second-order valence-electron chi connectivity index (χ2n) is 4.31.